The summed E-state index contributed by atoms with van der Waals surface area (Å²) in [5.74, 6) is -1.30. The Hall–Kier alpha value is -2.33. The number of carbonyl (C=O) groups is 2. The first kappa shape index (κ1) is 16.5. The van der Waals surface area contributed by atoms with Gasteiger partial charge in [-0.25, -0.2) is 4.79 Å². The minimum atomic E-state index is -0.992. The summed E-state index contributed by atoms with van der Waals surface area (Å²) in [6.07, 6.45) is 1.10. The van der Waals surface area contributed by atoms with Crippen molar-refractivity contribution < 1.29 is 14.7 Å². The molecule has 1 aliphatic heterocycles. The lowest BCUT2D eigenvalue weighted by Crippen LogP contribution is -2.48. The van der Waals surface area contributed by atoms with E-state index in [0.29, 0.717) is 23.6 Å². The van der Waals surface area contributed by atoms with Crippen molar-refractivity contribution in [2.75, 3.05) is 0 Å². The van der Waals surface area contributed by atoms with Crippen molar-refractivity contribution in [2.24, 2.45) is 0 Å². The Morgan fingerprint density at radius 1 is 1.21 bits per heavy atom. The summed E-state index contributed by atoms with van der Waals surface area (Å²) in [4.78, 5) is 26.0. The maximum absolute atomic E-state index is 12.9. The smallest absolute Gasteiger partial charge is 0.326 e. The first-order valence-corrected chi connectivity index (χ1v) is 8.28. The van der Waals surface area contributed by atoms with Gasteiger partial charge < -0.3 is 10.0 Å². The van der Waals surface area contributed by atoms with Gasteiger partial charge in [-0.15, -0.1) is 0 Å². The lowest BCUT2D eigenvalue weighted by atomic mass is 9.93. The molecule has 1 N–H and O–H groups in total. The number of amides is 1. The zero-order chi connectivity index (χ0) is 17.3. The molecule has 5 heteroatoms. The van der Waals surface area contributed by atoms with Gasteiger partial charge in [0.2, 0.25) is 0 Å². The average molecular weight is 344 g/mol. The van der Waals surface area contributed by atoms with Gasteiger partial charge in [-0.1, -0.05) is 48.9 Å². The third-order valence-electron chi connectivity index (χ3n) is 4.48. The van der Waals surface area contributed by atoms with E-state index in [1.807, 2.05) is 37.3 Å². The van der Waals surface area contributed by atoms with Crippen molar-refractivity contribution in [3.63, 3.8) is 0 Å². The molecule has 0 unspecified atom stereocenters. The summed E-state index contributed by atoms with van der Waals surface area (Å²) in [6.45, 7) is 2.28. The standard InChI is InChI=1S/C19H18ClNO3/c1-2-12-7-8-14(9-16(12)20)18(22)21-11-15-6-4-3-5-13(15)10-17(21)19(23)24/h3-9,17H,2,10-11H2,1H3,(H,23,24)/t17-/m0/s1. The first-order valence-electron chi connectivity index (χ1n) is 7.90. The van der Waals surface area contributed by atoms with Crippen LogP contribution < -0.4 is 0 Å². The maximum atomic E-state index is 12.9. The van der Waals surface area contributed by atoms with E-state index in [9.17, 15) is 14.7 Å². The molecule has 2 aromatic rings. The van der Waals surface area contributed by atoms with Crippen LogP contribution in [0.1, 0.15) is 34.0 Å². The van der Waals surface area contributed by atoms with Gasteiger partial charge in [0.25, 0.3) is 5.91 Å². The molecule has 1 atom stereocenters. The SMILES string of the molecule is CCc1ccc(C(=O)N2Cc3ccccc3C[C@H]2C(=O)O)cc1Cl. The Morgan fingerprint density at radius 2 is 1.92 bits per heavy atom. The molecule has 0 bridgehead atoms. The second-order valence-electron chi connectivity index (χ2n) is 5.92. The number of nitrogens with zero attached hydrogens (tertiary/aromatic N) is 1. The van der Waals surface area contributed by atoms with Gasteiger partial charge in [0.05, 0.1) is 0 Å². The summed E-state index contributed by atoms with van der Waals surface area (Å²) in [5, 5.41) is 10.1. The van der Waals surface area contributed by atoms with Crippen molar-refractivity contribution in [1.82, 2.24) is 4.90 Å². The molecule has 0 radical (unpaired) electrons. The molecular weight excluding hydrogens is 326 g/mol. The highest BCUT2D eigenvalue weighted by molar-refractivity contribution is 6.31. The van der Waals surface area contributed by atoms with Crippen LogP contribution in [0.2, 0.25) is 5.02 Å². The van der Waals surface area contributed by atoms with Gasteiger partial charge in [0.15, 0.2) is 0 Å². The van der Waals surface area contributed by atoms with Crippen LogP contribution in [0.4, 0.5) is 0 Å². The summed E-state index contributed by atoms with van der Waals surface area (Å²) in [5.41, 5.74) is 3.35. The molecule has 0 saturated heterocycles. The Balaban J connectivity index is 1.95. The zero-order valence-corrected chi connectivity index (χ0v) is 14.1. The van der Waals surface area contributed by atoms with Crippen molar-refractivity contribution in [2.45, 2.75) is 32.4 Å². The number of fused-ring (bicyclic) bond motifs is 1. The van der Waals surface area contributed by atoms with Gasteiger partial charge in [-0.2, -0.15) is 0 Å². The number of carboxylic acids is 1. The number of carbonyl (C=O) groups excluding carboxylic acids is 1. The summed E-state index contributed by atoms with van der Waals surface area (Å²) < 4.78 is 0. The minimum Gasteiger partial charge on any atom is -0.480 e. The molecule has 4 nitrogen and oxygen atoms in total. The Kier molecular flexibility index (Phi) is 4.58. The highest BCUT2D eigenvalue weighted by Gasteiger charge is 2.34. The molecule has 0 aliphatic carbocycles. The second-order valence-corrected chi connectivity index (χ2v) is 6.33. The third-order valence-corrected chi connectivity index (χ3v) is 4.83. The Morgan fingerprint density at radius 3 is 2.54 bits per heavy atom. The van der Waals surface area contributed by atoms with Crippen LogP contribution >= 0.6 is 11.6 Å². The van der Waals surface area contributed by atoms with Crippen molar-refractivity contribution in [3.8, 4) is 0 Å². The largest absolute Gasteiger partial charge is 0.480 e. The van der Waals surface area contributed by atoms with E-state index in [-0.39, 0.29) is 5.91 Å². The molecule has 1 aliphatic rings. The fraction of sp³-hybridized carbons (Fsp3) is 0.263. The Labute approximate surface area is 145 Å². The number of halogens is 1. The maximum Gasteiger partial charge on any atom is 0.326 e. The van der Waals surface area contributed by atoms with Gasteiger partial charge in [-0.05, 0) is 35.2 Å². The molecule has 0 spiro atoms. The van der Waals surface area contributed by atoms with E-state index in [0.717, 1.165) is 23.1 Å². The molecule has 24 heavy (non-hydrogen) atoms. The van der Waals surface area contributed by atoms with E-state index >= 15 is 0 Å². The molecule has 0 aromatic heterocycles. The number of hydrogen-bond donors (Lipinski definition) is 1. The predicted molar refractivity (Wildman–Crippen MR) is 92.3 cm³/mol. The normalized spacial score (nSPS) is 16.6. The molecule has 2 aromatic carbocycles. The van der Waals surface area contributed by atoms with Crippen LogP contribution in [0.3, 0.4) is 0 Å². The molecular formula is C19H18ClNO3. The predicted octanol–water partition coefficient (Wildman–Crippen LogP) is 3.55. The van der Waals surface area contributed by atoms with Crippen LogP contribution in [0.5, 0.6) is 0 Å². The highest BCUT2D eigenvalue weighted by atomic mass is 35.5. The number of benzene rings is 2. The van der Waals surface area contributed by atoms with Crippen molar-refractivity contribution in [3.05, 3.63) is 69.7 Å². The summed E-state index contributed by atoms with van der Waals surface area (Å²) >= 11 is 6.21. The quantitative estimate of drug-likeness (QED) is 0.927. The van der Waals surface area contributed by atoms with E-state index in [1.54, 1.807) is 12.1 Å². The number of carboxylic acid groups (broad SMARTS) is 1. The van der Waals surface area contributed by atoms with Gasteiger partial charge in [-0.3, -0.25) is 4.79 Å². The molecule has 3 rings (SSSR count). The third kappa shape index (κ3) is 3.02. The van der Waals surface area contributed by atoms with Gasteiger partial charge in [0, 0.05) is 23.6 Å². The lowest BCUT2D eigenvalue weighted by Gasteiger charge is -2.34. The van der Waals surface area contributed by atoms with Crippen molar-refractivity contribution in [1.29, 1.82) is 0 Å². The molecule has 1 heterocycles. The van der Waals surface area contributed by atoms with Crippen LogP contribution in [0, 0.1) is 0 Å². The average Bonchev–Trinajstić information content (AvgIpc) is 2.59. The Bertz CT molecular complexity index is 803. The number of aryl methyl sites for hydroxylation is 1. The number of hydrogen-bond acceptors (Lipinski definition) is 2. The minimum absolute atomic E-state index is 0.291. The first-order chi connectivity index (χ1) is 11.5. The molecule has 124 valence electrons. The summed E-state index contributed by atoms with van der Waals surface area (Å²) in [6, 6.07) is 11.9. The van der Waals surface area contributed by atoms with Crippen LogP contribution in [0.25, 0.3) is 0 Å². The van der Waals surface area contributed by atoms with E-state index in [2.05, 4.69) is 0 Å². The second kappa shape index (κ2) is 6.65. The molecule has 0 fully saturated rings. The fourth-order valence-electron chi connectivity index (χ4n) is 3.09. The van der Waals surface area contributed by atoms with Crippen LogP contribution in [-0.4, -0.2) is 27.9 Å². The van der Waals surface area contributed by atoms with Crippen LogP contribution in [0.15, 0.2) is 42.5 Å². The van der Waals surface area contributed by atoms with Crippen LogP contribution in [-0.2, 0) is 24.2 Å². The fourth-order valence-corrected chi connectivity index (χ4v) is 3.40. The van der Waals surface area contributed by atoms with E-state index < -0.39 is 12.0 Å². The van der Waals surface area contributed by atoms with Gasteiger partial charge >= 0.3 is 5.97 Å². The number of aliphatic carboxylic acids is 1. The highest BCUT2D eigenvalue weighted by Crippen LogP contribution is 2.26. The number of rotatable bonds is 3. The molecule has 0 saturated carbocycles. The van der Waals surface area contributed by atoms with Crippen molar-refractivity contribution >= 4 is 23.5 Å². The molecule has 1 amide bonds. The van der Waals surface area contributed by atoms with E-state index in [4.69, 9.17) is 11.6 Å². The van der Waals surface area contributed by atoms with E-state index in [1.165, 1.54) is 4.90 Å². The summed E-state index contributed by atoms with van der Waals surface area (Å²) in [7, 11) is 0. The lowest BCUT2D eigenvalue weighted by molar-refractivity contribution is -0.142. The van der Waals surface area contributed by atoms with Gasteiger partial charge in [0.1, 0.15) is 6.04 Å². The zero-order valence-electron chi connectivity index (χ0n) is 13.3. The topological polar surface area (TPSA) is 57.6 Å². The monoisotopic (exact) mass is 343 g/mol.